The van der Waals surface area contributed by atoms with Crippen LogP contribution < -0.4 is 5.32 Å². The highest BCUT2D eigenvalue weighted by molar-refractivity contribution is 5.81. The van der Waals surface area contributed by atoms with Gasteiger partial charge in [0.1, 0.15) is 6.61 Å². The molecule has 3 aromatic rings. The number of aromatic nitrogens is 1. The predicted octanol–water partition coefficient (Wildman–Crippen LogP) is 3.75. The number of hydrogen-bond donors (Lipinski definition) is 1. The van der Waals surface area contributed by atoms with Crippen molar-refractivity contribution in [1.29, 1.82) is 0 Å². The molecule has 1 N–H and O–H groups in total. The summed E-state index contributed by atoms with van der Waals surface area (Å²) < 4.78 is 5.37. The largest absolute Gasteiger partial charge is 0.461 e. The van der Waals surface area contributed by atoms with Gasteiger partial charge in [-0.1, -0.05) is 61.5 Å². The molecule has 134 valence electrons. The fraction of sp³-hybridized carbons (Fsp3) is 0.273. The summed E-state index contributed by atoms with van der Waals surface area (Å²) in [6.45, 7) is 3.61. The number of fused-ring (bicyclic) bond motifs is 1. The highest BCUT2D eigenvalue weighted by Crippen LogP contribution is 2.16. The number of esters is 1. The Balaban J connectivity index is 1.42. The second kappa shape index (κ2) is 9.11. The van der Waals surface area contributed by atoms with Crippen LogP contribution in [0.2, 0.25) is 0 Å². The molecule has 1 aromatic heterocycles. The molecule has 0 saturated heterocycles. The Kier molecular flexibility index (Phi) is 6.34. The van der Waals surface area contributed by atoms with Crippen LogP contribution in [0.3, 0.4) is 0 Å². The average Bonchev–Trinajstić information content (AvgIpc) is 2.70. The Bertz CT molecular complexity index is 844. The first-order valence-electron chi connectivity index (χ1n) is 8.98. The molecule has 1 unspecified atom stereocenters. The van der Waals surface area contributed by atoms with Crippen LogP contribution in [0.25, 0.3) is 10.9 Å². The minimum Gasteiger partial charge on any atom is -0.461 e. The molecule has 0 aliphatic heterocycles. The van der Waals surface area contributed by atoms with E-state index in [4.69, 9.17) is 4.74 Å². The third-order valence-corrected chi connectivity index (χ3v) is 4.36. The van der Waals surface area contributed by atoms with Crippen molar-refractivity contribution >= 4 is 16.9 Å². The first kappa shape index (κ1) is 18.1. The number of hydrogen-bond acceptors (Lipinski definition) is 4. The number of benzene rings is 2. The van der Waals surface area contributed by atoms with Crippen molar-refractivity contribution in [3.8, 4) is 0 Å². The van der Waals surface area contributed by atoms with E-state index in [0.717, 1.165) is 29.4 Å². The van der Waals surface area contributed by atoms with Crippen molar-refractivity contribution in [2.45, 2.75) is 20.0 Å². The maximum atomic E-state index is 12.1. The van der Waals surface area contributed by atoms with Gasteiger partial charge in [0.05, 0.1) is 11.4 Å². The van der Waals surface area contributed by atoms with E-state index < -0.39 is 0 Å². The number of pyridine rings is 1. The van der Waals surface area contributed by atoms with Gasteiger partial charge < -0.3 is 10.1 Å². The number of rotatable bonds is 8. The highest BCUT2D eigenvalue weighted by Gasteiger charge is 2.14. The summed E-state index contributed by atoms with van der Waals surface area (Å²) in [7, 11) is 0. The summed E-state index contributed by atoms with van der Waals surface area (Å²) in [5.41, 5.74) is 3.27. The van der Waals surface area contributed by atoms with Crippen molar-refractivity contribution in [2.24, 2.45) is 5.92 Å². The Morgan fingerprint density at radius 3 is 2.73 bits per heavy atom. The minimum atomic E-state index is -0.177. The van der Waals surface area contributed by atoms with Crippen molar-refractivity contribution in [1.82, 2.24) is 10.3 Å². The summed E-state index contributed by atoms with van der Waals surface area (Å²) in [5, 5.41) is 4.50. The Morgan fingerprint density at radius 2 is 1.88 bits per heavy atom. The Morgan fingerprint density at radius 1 is 1.08 bits per heavy atom. The van der Waals surface area contributed by atoms with E-state index in [1.54, 1.807) is 0 Å². The molecule has 0 aliphatic carbocycles. The maximum absolute atomic E-state index is 12.1. The van der Waals surface area contributed by atoms with Crippen LogP contribution in [0.5, 0.6) is 0 Å². The van der Waals surface area contributed by atoms with Crippen LogP contribution in [0.1, 0.15) is 18.1 Å². The van der Waals surface area contributed by atoms with Crippen molar-refractivity contribution in [3.05, 3.63) is 78.0 Å². The molecule has 0 saturated carbocycles. The molecule has 1 heterocycles. The van der Waals surface area contributed by atoms with Crippen LogP contribution in [0, 0.1) is 5.92 Å². The summed E-state index contributed by atoms with van der Waals surface area (Å²) in [5.74, 6) is -0.350. The van der Waals surface area contributed by atoms with Crippen LogP contribution in [0.15, 0.2) is 66.9 Å². The standard InChI is InChI=1S/C22H24N2O2/c1-17(22(25)26-16-18-7-3-2-4-8-18)15-23-14-12-20-10-5-9-19-11-6-13-24-21(19)20/h2-11,13,17,23H,12,14-16H2,1H3. The quantitative estimate of drug-likeness (QED) is 0.498. The van der Waals surface area contributed by atoms with E-state index in [1.165, 1.54) is 5.56 Å². The normalized spacial score (nSPS) is 12.0. The van der Waals surface area contributed by atoms with Crippen LogP contribution >= 0.6 is 0 Å². The zero-order valence-corrected chi connectivity index (χ0v) is 15.0. The van der Waals surface area contributed by atoms with Gasteiger partial charge in [0.2, 0.25) is 0 Å². The molecular formula is C22H24N2O2. The van der Waals surface area contributed by atoms with Crippen molar-refractivity contribution in [3.63, 3.8) is 0 Å². The zero-order valence-electron chi connectivity index (χ0n) is 15.0. The van der Waals surface area contributed by atoms with Gasteiger partial charge in [0.15, 0.2) is 0 Å². The van der Waals surface area contributed by atoms with Gasteiger partial charge in [-0.05, 0) is 30.2 Å². The zero-order chi connectivity index (χ0) is 18.2. The molecule has 4 heteroatoms. The topological polar surface area (TPSA) is 51.2 Å². The monoisotopic (exact) mass is 348 g/mol. The first-order valence-corrected chi connectivity index (χ1v) is 8.98. The number of ether oxygens (including phenoxy) is 1. The predicted molar refractivity (Wildman–Crippen MR) is 104 cm³/mol. The molecular weight excluding hydrogens is 324 g/mol. The van der Waals surface area contributed by atoms with Gasteiger partial charge >= 0.3 is 5.97 Å². The van der Waals surface area contributed by atoms with Gasteiger partial charge in [-0.2, -0.15) is 0 Å². The fourth-order valence-electron chi connectivity index (χ4n) is 2.87. The number of carbonyl (C=O) groups is 1. The smallest absolute Gasteiger partial charge is 0.310 e. The third kappa shape index (κ3) is 4.90. The summed E-state index contributed by atoms with van der Waals surface area (Å²) in [4.78, 5) is 16.6. The Hall–Kier alpha value is -2.72. The van der Waals surface area contributed by atoms with E-state index in [2.05, 4.69) is 34.6 Å². The fourth-order valence-corrected chi connectivity index (χ4v) is 2.87. The lowest BCUT2D eigenvalue weighted by Crippen LogP contribution is -2.29. The summed E-state index contributed by atoms with van der Waals surface area (Å²) >= 11 is 0. The molecule has 1 atom stereocenters. The highest BCUT2D eigenvalue weighted by atomic mass is 16.5. The van der Waals surface area contributed by atoms with Gasteiger partial charge in [-0.3, -0.25) is 9.78 Å². The molecule has 0 spiro atoms. The average molecular weight is 348 g/mol. The van der Waals surface area contributed by atoms with Crippen LogP contribution in [0.4, 0.5) is 0 Å². The maximum Gasteiger partial charge on any atom is 0.310 e. The molecule has 0 fully saturated rings. The number of carbonyl (C=O) groups excluding carboxylic acids is 1. The molecule has 4 nitrogen and oxygen atoms in total. The summed E-state index contributed by atoms with van der Waals surface area (Å²) in [6, 6.07) is 20.0. The Labute approximate surface area is 154 Å². The van der Waals surface area contributed by atoms with Gasteiger partial charge in [0, 0.05) is 18.1 Å². The van der Waals surface area contributed by atoms with Gasteiger partial charge in [-0.25, -0.2) is 0 Å². The second-order valence-electron chi connectivity index (χ2n) is 6.44. The second-order valence-corrected chi connectivity index (χ2v) is 6.44. The molecule has 0 amide bonds. The minimum absolute atomic E-state index is 0.173. The molecule has 2 aromatic carbocycles. The molecule has 0 bridgehead atoms. The van der Waals surface area contributed by atoms with Crippen molar-refractivity contribution < 1.29 is 9.53 Å². The molecule has 0 aliphatic rings. The lowest BCUT2D eigenvalue weighted by atomic mass is 10.1. The number of nitrogens with one attached hydrogen (secondary N) is 1. The SMILES string of the molecule is CC(CNCCc1cccc2cccnc12)C(=O)OCc1ccccc1. The first-order chi connectivity index (χ1) is 12.7. The van der Waals surface area contributed by atoms with E-state index in [-0.39, 0.29) is 11.9 Å². The number of para-hydroxylation sites is 1. The van der Waals surface area contributed by atoms with E-state index in [9.17, 15) is 4.79 Å². The van der Waals surface area contributed by atoms with Crippen LogP contribution in [-0.4, -0.2) is 24.0 Å². The van der Waals surface area contributed by atoms with E-state index >= 15 is 0 Å². The van der Waals surface area contributed by atoms with E-state index in [1.807, 2.05) is 49.5 Å². The number of nitrogens with zero attached hydrogens (tertiary/aromatic N) is 1. The lowest BCUT2D eigenvalue weighted by molar-refractivity contribution is -0.149. The van der Waals surface area contributed by atoms with Gasteiger partial charge in [0.25, 0.3) is 0 Å². The molecule has 0 radical (unpaired) electrons. The summed E-state index contributed by atoms with van der Waals surface area (Å²) in [6.07, 6.45) is 2.70. The van der Waals surface area contributed by atoms with Gasteiger partial charge in [-0.15, -0.1) is 0 Å². The molecule has 3 rings (SSSR count). The molecule has 26 heavy (non-hydrogen) atoms. The van der Waals surface area contributed by atoms with E-state index in [0.29, 0.717) is 13.2 Å². The lowest BCUT2D eigenvalue weighted by Gasteiger charge is -2.13. The third-order valence-electron chi connectivity index (χ3n) is 4.36. The van der Waals surface area contributed by atoms with Crippen molar-refractivity contribution in [2.75, 3.05) is 13.1 Å². The van der Waals surface area contributed by atoms with Crippen LogP contribution in [-0.2, 0) is 22.6 Å².